The first-order valence-electron chi connectivity index (χ1n) is 10.1. The van der Waals surface area contributed by atoms with Gasteiger partial charge in [-0.05, 0) is 41.8 Å². The van der Waals surface area contributed by atoms with E-state index < -0.39 is 27.8 Å². The Kier molecular flexibility index (Phi) is 7.44. The summed E-state index contributed by atoms with van der Waals surface area (Å²) in [6.45, 7) is 0. The molecule has 0 heterocycles. The summed E-state index contributed by atoms with van der Waals surface area (Å²) < 4.78 is 28.4. The first-order valence-corrected chi connectivity index (χ1v) is 11.7. The van der Waals surface area contributed by atoms with Crippen LogP contribution in [0.1, 0.15) is 11.1 Å². The predicted octanol–water partition coefficient (Wildman–Crippen LogP) is 1.86. The Balaban J connectivity index is 1.85. The number of hydrogen-bond acceptors (Lipinski definition) is 6. The van der Waals surface area contributed by atoms with Crippen molar-refractivity contribution in [1.82, 2.24) is 0 Å². The van der Waals surface area contributed by atoms with Crippen LogP contribution < -0.4 is 16.6 Å². The van der Waals surface area contributed by atoms with Gasteiger partial charge in [-0.25, -0.2) is 18.5 Å². The summed E-state index contributed by atoms with van der Waals surface area (Å²) in [5.74, 6) is -2.37. The number of nitrogens with two attached hydrogens (primary N) is 3. The van der Waals surface area contributed by atoms with E-state index in [2.05, 4.69) is 9.73 Å². The largest absolute Gasteiger partial charge is 0.468 e. The van der Waals surface area contributed by atoms with Crippen LogP contribution in [0.15, 0.2) is 82.7 Å². The number of carbonyl (C=O) groups is 2. The van der Waals surface area contributed by atoms with E-state index in [0.29, 0.717) is 27.9 Å². The van der Waals surface area contributed by atoms with E-state index in [9.17, 15) is 18.0 Å². The van der Waals surface area contributed by atoms with Gasteiger partial charge in [0.1, 0.15) is 11.8 Å². The first-order chi connectivity index (χ1) is 16.1. The number of rotatable bonds is 8. The number of esters is 1. The molecule has 0 saturated carbocycles. The van der Waals surface area contributed by atoms with Crippen LogP contribution in [-0.4, -0.2) is 33.2 Å². The lowest BCUT2D eigenvalue weighted by molar-refractivity contribution is -0.149. The Morgan fingerprint density at radius 3 is 2.26 bits per heavy atom. The van der Waals surface area contributed by atoms with Crippen LogP contribution in [0, 0.1) is 5.92 Å². The number of methoxy groups -OCH3 is 1. The molecule has 0 aromatic heterocycles. The van der Waals surface area contributed by atoms with Gasteiger partial charge in [-0.15, -0.1) is 0 Å². The van der Waals surface area contributed by atoms with E-state index in [-0.39, 0.29) is 17.2 Å². The molecule has 0 bridgehead atoms. The van der Waals surface area contributed by atoms with Gasteiger partial charge in [0, 0.05) is 11.1 Å². The topological polar surface area (TPSA) is 168 Å². The lowest BCUT2D eigenvalue weighted by atomic mass is 9.97. The zero-order valence-electron chi connectivity index (χ0n) is 18.3. The Labute approximate surface area is 197 Å². The summed E-state index contributed by atoms with van der Waals surface area (Å²) in [6.07, 6.45) is 0.0707. The minimum Gasteiger partial charge on any atom is -0.468 e. The third-order valence-corrected chi connectivity index (χ3v) is 6.08. The fourth-order valence-electron chi connectivity index (χ4n) is 3.41. The highest BCUT2D eigenvalue weighted by Gasteiger charge is 2.25. The maximum Gasteiger partial charge on any atom is 0.318 e. The zero-order valence-corrected chi connectivity index (χ0v) is 19.2. The molecule has 3 aromatic rings. The molecule has 0 aliphatic carbocycles. The van der Waals surface area contributed by atoms with Crippen molar-refractivity contribution in [3.63, 3.8) is 0 Å². The van der Waals surface area contributed by atoms with Gasteiger partial charge in [-0.1, -0.05) is 48.5 Å². The van der Waals surface area contributed by atoms with Gasteiger partial charge >= 0.3 is 5.97 Å². The van der Waals surface area contributed by atoms with Gasteiger partial charge in [0.2, 0.25) is 15.9 Å². The lowest BCUT2D eigenvalue weighted by Crippen LogP contribution is -2.33. The molecule has 176 valence electrons. The monoisotopic (exact) mass is 480 g/mol. The molecule has 0 aliphatic heterocycles. The number of nitrogens with zero attached hydrogens (tertiary/aromatic N) is 1. The van der Waals surface area contributed by atoms with Gasteiger partial charge in [0.05, 0.1) is 17.7 Å². The van der Waals surface area contributed by atoms with Crippen LogP contribution >= 0.6 is 0 Å². The molecular formula is C24H24N4O5S. The van der Waals surface area contributed by atoms with Crippen molar-refractivity contribution in [1.29, 1.82) is 0 Å². The predicted molar refractivity (Wildman–Crippen MR) is 128 cm³/mol. The number of primary amides is 1. The Morgan fingerprint density at radius 1 is 0.971 bits per heavy atom. The highest BCUT2D eigenvalue weighted by atomic mass is 32.2. The summed E-state index contributed by atoms with van der Waals surface area (Å²) >= 11 is 0. The van der Waals surface area contributed by atoms with Crippen LogP contribution in [0.2, 0.25) is 0 Å². The van der Waals surface area contributed by atoms with E-state index in [1.165, 1.54) is 13.2 Å². The summed E-state index contributed by atoms with van der Waals surface area (Å²) in [7, 11) is -2.69. The lowest BCUT2D eigenvalue weighted by Gasteiger charge is -2.12. The second kappa shape index (κ2) is 10.3. The van der Waals surface area contributed by atoms with Gasteiger partial charge < -0.3 is 16.2 Å². The number of amides is 1. The molecule has 1 atom stereocenters. The normalized spacial score (nSPS) is 12.7. The molecule has 3 rings (SSSR count). The van der Waals surface area contributed by atoms with Crippen LogP contribution in [0.5, 0.6) is 0 Å². The molecule has 3 aromatic carbocycles. The van der Waals surface area contributed by atoms with Crippen molar-refractivity contribution < 1.29 is 22.7 Å². The molecular weight excluding hydrogens is 456 g/mol. The smallest absolute Gasteiger partial charge is 0.318 e. The fourth-order valence-corrected chi connectivity index (χ4v) is 4.17. The zero-order chi connectivity index (χ0) is 24.9. The molecule has 9 nitrogen and oxygen atoms in total. The highest BCUT2D eigenvalue weighted by Crippen LogP contribution is 2.28. The van der Waals surface area contributed by atoms with Crippen molar-refractivity contribution >= 4 is 33.4 Å². The number of benzene rings is 3. The van der Waals surface area contributed by atoms with Crippen LogP contribution in [0.4, 0.5) is 5.69 Å². The number of primary sulfonamides is 1. The van der Waals surface area contributed by atoms with Crippen molar-refractivity contribution in [2.24, 2.45) is 27.5 Å². The molecule has 0 fully saturated rings. The average Bonchev–Trinajstić information content (AvgIpc) is 2.82. The maximum absolute atomic E-state index is 11.9. The minimum absolute atomic E-state index is 0.0313. The number of hydrogen-bond donors (Lipinski definition) is 3. The SMILES string of the molecule is COC(=O)C(Cc1cccc(C(N)=Nc2ccc(-c3ccccc3S(N)(=O)=O)cc2)c1)C(N)=O. The number of aliphatic imine (C=N–C) groups is 1. The van der Waals surface area contributed by atoms with Gasteiger partial charge in [0.25, 0.3) is 0 Å². The van der Waals surface area contributed by atoms with Crippen molar-refractivity contribution in [2.75, 3.05) is 7.11 Å². The number of ether oxygens (including phenoxy) is 1. The molecule has 10 heteroatoms. The number of amidine groups is 1. The third-order valence-electron chi connectivity index (χ3n) is 5.11. The summed E-state index contributed by atoms with van der Waals surface area (Å²) in [5.41, 5.74) is 14.4. The average molecular weight is 481 g/mol. The van der Waals surface area contributed by atoms with Crippen molar-refractivity contribution in [3.05, 3.63) is 83.9 Å². The molecule has 0 spiro atoms. The van der Waals surface area contributed by atoms with E-state index in [0.717, 1.165) is 0 Å². The molecule has 1 amide bonds. The minimum atomic E-state index is -3.88. The van der Waals surface area contributed by atoms with E-state index in [1.54, 1.807) is 66.7 Å². The van der Waals surface area contributed by atoms with Crippen LogP contribution in [0.3, 0.4) is 0 Å². The number of carbonyl (C=O) groups excluding carboxylic acids is 2. The maximum atomic E-state index is 11.9. The summed E-state index contributed by atoms with van der Waals surface area (Å²) in [4.78, 5) is 27.9. The van der Waals surface area contributed by atoms with Gasteiger partial charge in [0.15, 0.2) is 0 Å². The molecule has 6 N–H and O–H groups in total. The first kappa shape index (κ1) is 24.6. The van der Waals surface area contributed by atoms with E-state index >= 15 is 0 Å². The fraction of sp³-hybridized carbons (Fsp3) is 0.125. The van der Waals surface area contributed by atoms with Crippen LogP contribution in [-0.2, 0) is 30.8 Å². The van der Waals surface area contributed by atoms with Crippen molar-refractivity contribution in [3.8, 4) is 11.1 Å². The Bertz CT molecular complexity index is 1350. The number of sulfonamides is 1. The molecule has 0 aliphatic rings. The second-order valence-corrected chi connectivity index (χ2v) is 9.00. The third kappa shape index (κ3) is 5.85. The molecule has 0 saturated heterocycles. The standard InChI is InChI=1S/C24H24N4O5S/c1-33-24(30)20(23(26)29)14-15-5-4-6-17(13-15)22(25)28-18-11-9-16(10-12-18)19-7-2-3-8-21(19)34(27,31)32/h2-13,20H,14H2,1H3,(H2,25,28)(H2,26,29)(H2,27,31,32). The van der Waals surface area contributed by atoms with Crippen molar-refractivity contribution in [2.45, 2.75) is 11.3 Å². The van der Waals surface area contributed by atoms with Gasteiger partial charge in [-0.2, -0.15) is 0 Å². The van der Waals surface area contributed by atoms with E-state index in [1.807, 2.05) is 0 Å². The van der Waals surface area contributed by atoms with Crippen LogP contribution in [0.25, 0.3) is 11.1 Å². The molecule has 0 radical (unpaired) electrons. The summed E-state index contributed by atoms with van der Waals surface area (Å²) in [6, 6.07) is 20.2. The Hall–Kier alpha value is -4.02. The van der Waals surface area contributed by atoms with E-state index in [4.69, 9.17) is 16.6 Å². The molecule has 1 unspecified atom stereocenters. The Morgan fingerprint density at radius 2 is 1.65 bits per heavy atom. The molecule has 34 heavy (non-hydrogen) atoms. The highest BCUT2D eigenvalue weighted by molar-refractivity contribution is 7.89. The second-order valence-electron chi connectivity index (χ2n) is 7.47. The quantitative estimate of drug-likeness (QED) is 0.192. The van der Waals surface area contributed by atoms with Gasteiger partial charge in [-0.3, -0.25) is 9.59 Å². The summed E-state index contributed by atoms with van der Waals surface area (Å²) in [5, 5.41) is 5.32.